The minimum atomic E-state index is -4.65. The van der Waals surface area contributed by atoms with Crippen molar-refractivity contribution in [3.05, 3.63) is 67.6 Å². The van der Waals surface area contributed by atoms with Crippen LogP contribution in [0, 0.1) is 20.8 Å². The largest absolute Gasteiger partial charge is 0.417 e. The molecule has 2 aromatic rings. The highest BCUT2D eigenvalue weighted by atomic mass is 35.5. The molecule has 0 spiro atoms. The smallest absolute Gasteiger partial charge is 0.306 e. The lowest BCUT2D eigenvalue weighted by Crippen LogP contribution is -2.26. The van der Waals surface area contributed by atoms with E-state index in [0.717, 1.165) is 11.1 Å². The highest BCUT2D eigenvalue weighted by molar-refractivity contribution is 6.30. The second-order valence-corrected chi connectivity index (χ2v) is 6.09. The molecule has 0 unspecified atom stereocenters. The summed E-state index contributed by atoms with van der Waals surface area (Å²) in [6, 6.07) is 4.06. The number of alkyl halides is 3. The Morgan fingerprint density at radius 2 is 1.67 bits per heavy atom. The van der Waals surface area contributed by atoms with Crippen LogP contribution in [0.4, 0.5) is 13.2 Å². The first-order valence-electron chi connectivity index (χ1n) is 7.09. The van der Waals surface area contributed by atoms with Crippen molar-refractivity contribution >= 4 is 17.4 Å². The van der Waals surface area contributed by atoms with E-state index in [1.54, 1.807) is 13.0 Å². The van der Waals surface area contributed by atoms with Gasteiger partial charge in [0.1, 0.15) is 5.02 Å². The van der Waals surface area contributed by atoms with Crippen LogP contribution in [-0.4, -0.2) is 10.4 Å². The van der Waals surface area contributed by atoms with Crippen LogP contribution in [0.1, 0.15) is 32.6 Å². The zero-order chi connectivity index (χ0) is 18.2. The summed E-state index contributed by atoms with van der Waals surface area (Å²) in [4.78, 5) is 24.4. The topological polar surface area (TPSA) is 39.1 Å². The summed E-state index contributed by atoms with van der Waals surface area (Å²) in [6.45, 7) is 4.96. The molecule has 1 aromatic heterocycles. The van der Waals surface area contributed by atoms with Gasteiger partial charge in [-0.15, -0.1) is 0 Å². The third-order valence-corrected chi connectivity index (χ3v) is 4.10. The van der Waals surface area contributed by atoms with Gasteiger partial charge in [0.05, 0.1) is 12.1 Å². The molecule has 0 saturated carbocycles. The van der Waals surface area contributed by atoms with Gasteiger partial charge in [0.25, 0.3) is 5.56 Å². The number of aromatic nitrogens is 1. The molecule has 128 valence electrons. The first kappa shape index (κ1) is 18.3. The van der Waals surface area contributed by atoms with Gasteiger partial charge in [-0.25, -0.2) is 0 Å². The predicted molar refractivity (Wildman–Crippen MR) is 85.7 cm³/mol. The molecule has 1 aromatic carbocycles. The first-order valence-corrected chi connectivity index (χ1v) is 7.46. The van der Waals surface area contributed by atoms with Crippen molar-refractivity contribution in [3.63, 3.8) is 0 Å². The third-order valence-electron chi connectivity index (χ3n) is 3.82. The maximum Gasteiger partial charge on any atom is 0.417 e. The van der Waals surface area contributed by atoms with Crippen molar-refractivity contribution < 1.29 is 18.0 Å². The van der Waals surface area contributed by atoms with Gasteiger partial charge in [0, 0.05) is 11.8 Å². The van der Waals surface area contributed by atoms with E-state index in [9.17, 15) is 22.8 Å². The van der Waals surface area contributed by atoms with E-state index in [-0.39, 0.29) is 0 Å². The zero-order valence-electron chi connectivity index (χ0n) is 13.3. The molecule has 0 aliphatic heterocycles. The average molecular weight is 358 g/mol. The fourth-order valence-electron chi connectivity index (χ4n) is 2.37. The molecule has 0 fully saturated rings. The maximum absolute atomic E-state index is 12.8. The highest BCUT2D eigenvalue weighted by Gasteiger charge is 2.32. The molecule has 2 rings (SSSR count). The Labute approximate surface area is 141 Å². The first-order chi connectivity index (χ1) is 11.0. The van der Waals surface area contributed by atoms with Crippen molar-refractivity contribution in [2.75, 3.05) is 0 Å². The lowest BCUT2D eigenvalue weighted by atomic mass is 9.98. The SMILES string of the molecule is Cc1cc(C)c(C(=O)Cn2cc(C(F)(F)F)cc(Cl)c2=O)cc1C. The normalized spacial score (nSPS) is 11.6. The van der Waals surface area contributed by atoms with Crippen LogP contribution in [-0.2, 0) is 12.7 Å². The number of nitrogens with zero attached hydrogens (tertiary/aromatic N) is 1. The van der Waals surface area contributed by atoms with Crippen LogP contribution in [0.2, 0.25) is 5.02 Å². The maximum atomic E-state index is 12.8. The molecule has 24 heavy (non-hydrogen) atoms. The van der Waals surface area contributed by atoms with Crippen molar-refractivity contribution in [3.8, 4) is 0 Å². The zero-order valence-corrected chi connectivity index (χ0v) is 14.0. The van der Waals surface area contributed by atoms with Crippen molar-refractivity contribution in [1.29, 1.82) is 0 Å². The molecule has 0 saturated heterocycles. The van der Waals surface area contributed by atoms with E-state index >= 15 is 0 Å². The summed E-state index contributed by atoms with van der Waals surface area (Å²) < 4.78 is 39.2. The van der Waals surface area contributed by atoms with Gasteiger partial charge in [-0.1, -0.05) is 17.7 Å². The van der Waals surface area contributed by atoms with E-state index in [4.69, 9.17) is 11.6 Å². The van der Waals surface area contributed by atoms with Crippen molar-refractivity contribution in [2.45, 2.75) is 33.5 Å². The van der Waals surface area contributed by atoms with Gasteiger partial charge in [0.15, 0.2) is 5.78 Å². The summed E-state index contributed by atoms with van der Waals surface area (Å²) in [5, 5.41) is -0.575. The number of rotatable bonds is 3. The summed E-state index contributed by atoms with van der Waals surface area (Å²) in [7, 11) is 0. The van der Waals surface area contributed by atoms with E-state index in [0.29, 0.717) is 28.0 Å². The minimum Gasteiger partial charge on any atom is -0.306 e. The van der Waals surface area contributed by atoms with Gasteiger partial charge in [-0.05, 0) is 49.6 Å². The molecular formula is C17H15ClF3NO2. The van der Waals surface area contributed by atoms with Gasteiger partial charge in [-0.2, -0.15) is 13.2 Å². The monoisotopic (exact) mass is 357 g/mol. The van der Waals surface area contributed by atoms with Crippen molar-refractivity contribution in [2.24, 2.45) is 0 Å². The van der Waals surface area contributed by atoms with Gasteiger partial charge >= 0.3 is 6.18 Å². The number of benzene rings is 1. The van der Waals surface area contributed by atoms with Crippen LogP contribution in [0.5, 0.6) is 0 Å². The Kier molecular flexibility index (Phi) is 4.90. The summed E-state index contributed by atoms with van der Waals surface area (Å²) in [5.41, 5.74) is 1.06. The molecule has 3 nitrogen and oxygen atoms in total. The van der Waals surface area contributed by atoms with E-state index in [2.05, 4.69) is 0 Å². The number of halogens is 4. The average Bonchev–Trinajstić information content (AvgIpc) is 2.46. The summed E-state index contributed by atoms with van der Waals surface area (Å²) in [5.74, 6) is -0.451. The van der Waals surface area contributed by atoms with Gasteiger partial charge < -0.3 is 4.57 Å². The predicted octanol–water partition coefficient (Wildman–Crippen LogP) is 4.33. The Morgan fingerprint density at radius 1 is 1.08 bits per heavy atom. The summed E-state index contributed by atoms with van der Waals surface area (Å²) >= 11 is 5.59. The Bertz CT molecular complexity index is 869. The molecule has 1 heterocycles. The van der Waals surface area contributed by atoms with E-state index in [1.807, 2.05) is 19.9 Å². The number of carbonyl (C=O) groups is 1. The highest BCUT2D eigenvalue weighted by Crippen LogP contribution is 2.29. The lowest BCUT2D eigenvalue weighted by molar-refractivity contribution is -0.138. The molecule has 0 amide bonds. The van der Waals surface area contributed by atoms with Gasteiger partial charge in [0.2, 0.25) is 0 Å². The quantitative estimate of drug-likeness (QED) is 0.767. The fourth-order valence-corrected chi connectivity index (χ4v) is 2.60. The second-order valence-electron chi connectivity index (χ2n) is 5.68. The molecule has 0 N–H and O–H groups in total. The lowest BCUT2D eigenvalue weighted by Gasteiger charge is -2.13. The number of hydrogen-bond acceptors (Lipinski definition) is 2. The third kappa shape index (κ3) is 3.70. The Balaban J connectivity index is 2.45. The molecule has 7 heteroatoms. The Morgan fingerprint density at radius 3 is 2.25 bits per heavy atom. The van der Waals surface area contributed by atoms with Crippen molar-refractivity contribution in [1.82, 2.24) is 4.57 Å². The Hall–Kier alpha value is -2.08. The van der Waals surface area contributed by atoms with Gasteiger partial charge in [-0.3, -0.25) is 9.59 Å². The molecular weight excluding hydrogens is 343 g/mol. The molecule has 0 aliphatic carbocycles. The van der Waals surface area contributed by atoms with E-state index in [1.165, 1.54) is 0 Å². The van der Waals surface area contributed by atoms with E-state index < -0.39 is 34.6 Å². The molecule has 0 bridgehead atoms. The van der Waals surface area contributed by atoms with Crippen LogP contribution in [0.25, 0.3) is 0 Å². The van der Waals surface area contributed by atoms with Crippen LogP contribution in [0.3, 0.4) is 0 Å². The van der Waals surface area contributed by atoms with Crippen LogP contribution < -0.4 is 5.56 Å². The number of hydrogen-bond donors (Lipinski definition) is 0. The number of pyridine rings is 1. The number of ketones is 1. The number of carbonyl (C=O) groups excluding carboxylic acids is 1. The second kappa shape index (κ2) is 6.43. The molecule has 0 atom stereocenters. The van der Waals surface area contributed by atoms with Crippen LogP contribution >= 0.6 is 11.6 Å². The minimum absolute atomic E-state index is 0.374. The number of Topliss-reactive ketones (excluding diaryl/α,β-unsaturated/α-hetero) is 1. The van der Waals surface area contributed by atoms with Crippen LogP contribution in [0.15, 0.2) is 29.2 Å². The fraction of sp³-hybridized carbons (Fsp3) is 0.294. The molecule has 0 radical (unpaired) electrons. The standard InChI is InChI=1S/C17H15ClF3NO2/c1-9-4-11(3)13(5-10(9)2)15(23)8-22-7-12(17(19,20)21)6-14(18)16(22)24/h4-7H,8H2,1-3H3. The summed E-state index contributed by atoms with van der Waals surface area (Å²) in [6.07, 6.45) is -4.04. The number of aryl methyl sites for hydroxylation is 3. The molecule has 0 aliphatic rings.